The van der Waals surface area contributed by atoms with Crippen molar-refractivity contribution in [3.8, 4) is 11.5 Å². The number of carboxylic acid groups (broad SMARTS) is 3. The number of carbonyl (C=O) groups is 15. The highest BCUT2D eigenvalue weighted by Crippen LogP contribution is 2.25. The fraction of sp³-hybridized carbons (Fsp3) is 0.456. The Bertz CT molecular complexity index is 4630. The molecule has 0 fully saturated rings. The molecule has 22 N–H and O–H groups in total. The van der Waals surface area contributed by atoms with Crippen LogP contribution in [0.1, 0.15) is 120 Å². The zero-order valence-electron chi connectivity index (χ0n) is 67.2. The molecule has 662 valence electrons. The van der Waals surface area contributed by atoms with Crippen LogP contribution in [0.4, 0.5) is 13.2 Å². The number of hydrogen-bond donors (Lipinski definition) is 20. The summed E-state index contributed by atoms with van der Waals surface area (Å²) in [6, 6.07) is 3.26. The Kier molecular flexibility index (Phi) is 37.9. The number of alkyl halides is 3. The molecule has 1 aliphatic rings. The van der Waals surface area contributed by atoms with Crippen LogP contribution in [-0.4, -0.2) is 231 Å². The van der Waals surface area contributed by atoms with Crippen LogP contribution in [0.3, 0.4) is 0 Å². The van der Waals surface area contributed by atoms with E-state index in [-0.39, 0.29) is 60.8 Å². The molecule has 43 heteroatoms. The van der Waals surface area contributed by atoms with E-state index in [2.05, 4.69) is 78.4 Å². The molecule has 0 radical (unpaired) electrons. The predicted octanol–water partition coefficient (Wildman–Crippen LogP) is -1.59. The fourth-order valence-electron chi connectivity index (χ4n) is 12.3. The number of aliphatic carboxylic acids is 3. The number of imidazole rings is 1. The lowest BCUT2D eigenvalue weighted by atomic mass is 9.85. The summed E-state index contributed by atoms with van der Waals surface area (Å²) in [5.74, 6) is -17.7. The number of rotatable bonds is 19. The molecule has 0 saturated carbocycles. The first-order chi connectivity index (χ1) is 57.5. The van der Waals surface area contributed by atoms with E-state index in [9.17, 15) is 106 Å². The Balaban J connectivity index is 0.00000315. The zero-order chi connectivity index (χ0) is 90.3. The third kappa shape index (κ3) is 32.3. The zero-order valence-corrected chi connectivity index (χ0v) is 68.8. The number of nitrogens with two attached hydrogens (primary N) is 1. The number of thioether (sulfide) groups is 2. The molecular weight excluding hydrogens is 1650 g/mol. The minimum Gasteiger partial charge on any atom is -0.542 e. The molecule has 6 aromatic rings. The van der Waals surface area contributed by atoms with Gasteiger partial charge in [0.15, 0.2) is 0 Å². The van der Waals surface area contributed by atoms with Gasteiger partial charge in [-0.3, -0.25) is 67.1 Å². The van der Waals surface area contributed by atoms with Gasteiger partial charge >= 0.3 is 18.1 Å². The second kappa shape index (κ2) is 47.0. The molecule has 0 saturated heterocycles. The number of phenols is 2. The van der Waals surface area contributed by atoms with E-state index in [4.69, 9.17) is 15.6 Å². The monoisotopic (exact) mass is 1750 g/mol. The Morgan fingerprint density at radius 1 is 0.557 bits per heavy atom. The van der Waals surface area contributed by atoms with E-state index in [0.717, 1.165) is 18.1 Å². The average molecular weight is 1750 g/mol. The van der Waals surface area contributed by atoms with Gasteiger partial charge < -0.3 is 110 Å². The number of aromatic hydroxyl groups is 2. The van der Waals surface area contributed by atoms with Crippen molar-refractivity contribution >= 4 is 123 Å². The van der Waals surface area contributed by atoms with Crippen molar-refractivity contribution in [2.45, 2.75) is 209 Å². The van der Waals surface area contributed by atoms with Crippen LogP contribution in [0.5, 0.6) is 11.5 Å². The minimum absolute atomic E-state index is 0.0584. The van der Waals surface area contributed by atoms with E-state index < -0.39 is 218 Å². The molecule has 4 heterocycles. The Morgan fingerprint density at radius 3 is 1.45 bits per heavy atom. The molecular formula is C79H101F3N16O22S2. The third-order valence-corrected chi connectivity index (χ3v) is 20.9. The minimum atomic E-state index is -5.19. The number of nitrogens with one attached hydrogen (secondary N) is 14. The Labute approximate surface area is 705 Å². The second-order valence-corrected chi connectivity index (χ2v) is 31.9. The van der Waals surface area contributed by atoms with E-state index in [1.165, 1.54) is 97.7 Å². The number of fused-ring (bicyclic) bond motifs is 3. The maximum atomic E-state index is 15.1. The Morgan fingerprint density at radius 2 is 0.992 bits per heavy atom. The van der Waals surface area contributed by atoms with Gasteiger partial charge in [-0.2, -0.15) is 36.7 Å². The molecule has 122 heavy (non-hydrogen) atoms. The van der Waals surface area contributed by atoms with Crippen LogP contribution in [0.15, 0.2) is 110 Å². The average Bonchev–Trinajstić information content (AvgIpc) is 1.62. The maximum absolute atomic E-state index is 15.1. The first-order valence-electron chi connectivity index (χ1n) is 38.4. The highest BCUT2D eigenvalue weighted by Gasteiger charge is 2.41. The maximum Gasteiger partial charge on any atom is 0.430 e. The SMILES string of the molecule is CCC[C@@H]1NC(=O)[C@H](Cc2ccc(O)cc2)NC(=O)[C@H](CCC(=O)O)NC(=O)[C@H](CCC(=O)O)NC(=O)[C@H](Cc2c[nH]c3[nH+]cccc23)NC(=O)[C@H]([C@@H](C)O)NC(=O)[C@H](Cc2cnc[nH]2)NC(=O)[C@H](Cc2ccc(O)cc2)NC(=O)[C@H](C(C)(C)C)NC(=O)CCSCc2cccc(c2)CSC[C@@H](C(N)=O)NC(=O)[C@H]([C@@H](C)O)NC1=O.O=C([O-])C(F)(F)F. The number of aliphatic hydroxyl groups is 2. The molecule has 3 aromatic carbocycles. The number of aromatic nitrogens is 4. The van der Waals surface area contributed by atoms with Crippen molar-refractivity contribution < 1.29 is 126 Å². The number of primary amides is 1. The molecule has 2 bridgehead atoms. The van der Waals surface area contributed by atoms with E-state index in [1.54, 1.807) is 46.0 Å². The highest BCUT2D eigenvalue weighted by atomic mass is 32.2. The lowest BCUT2D eigenvalue weighted by Crippen LogP contribution is -2.63. The van der Waals surface area contributed by atoms with Gasteiger partial charge in [0.1, 0.15) is 83.9 Å². The smallest absolute Gasteiger partial charge is 0.430 e. The van der Waals surface area contributed by atoms with Crippen molar-refractivity contribution in [2.24, 2.45) is 11.1 Å². The first-order valence-corrected chi connectivity index (χ1v) is 40.7. The van der Waals surface area contributed by atoms with Crippen molar-refractivity contribution in [1.29, 1.82) is 0 Å². The third-order valence-electron chi connectivity index (χ3n) is 18.8. The number of aromatic amines is 3. The van der Waals surface area contributed by atoms with Crippen molar-refractivity contribution in [3.05, 3.63) is 143 Å². The number of aliphatic hydroxyl groups excluding tert-OH is 2. The molecule has 1 aliphatic heterocycles. The highest BCUT2D eigenvalue weighted by molar-refractivity contribution is 7.98. The number of halogens is 3. The van der Waals surface area contributed by atoms with Gasteiger partial charge in [-0.25, -0.2) is 15.0 Å². The number of H-pyrrole nitrogens is 3. The molecule has 7 rings (SSSR count). The molecule has 38 nitrogen and oxygen atoms in total. The number of carboxylic acids is 3. The van der Waals surface area contributed by atoms with Gasteiger partial charge in [-0.15, -0.1) is 0 Å². The predicted molar refractivity (Wildman–Crippen MR) is 431 cm³/mol. The molecule has 0 aliphatic carbocycles. The first kappa shape index (κ1) is 98.4. The van der Waals surface area contributed by atoms with E-state index in [1.807, 2.05) is 24.3 Å². The summed E-state index contributed by atoms with van der Waals surface area (Å²) in [6.07, 6.45) is -7.45. The van der Waals surface area contributed by atoms with Gasteiger partial charge in [0, 0.05) is 85.4 Å². The molecule has 0 spiro atoms. The summed E-state index contributed by atoms with van der Waals surface area (Å²) in [5.41, 5.74) is 8.25. The molecule has 13 atom stereocenters. The van der Waals surface area contributed by atoms with Gasteiger partial charge in [-0.05, 0) is 97.2 Å². The second-order valence-electron chi connectivity index (χ2n) is 29.8. The topological polar surface area (TPSA) is 617 Å². The molecule has 3 aromatic heterocycles. The fourth-order valence-corrected chi connectivity index (χ4v) is 14.2. The summed E-state index contributed by atoms with van der Waals surface area (Å²) in [4.78, 5) is 220. The molecule has 12 amide bonds. The van der Waals surface area contributed by atoms with Gasteiger partial charge in [0.25, 0.3) is 5.65 Å². The van der Waals surface area contributed by atoms with Gasteiger partial charge in [-0.1, -0.05) is 82.6 Å². The van der Waals surface area contributed by atoms with Crippen LogP contribution >= 0.6 is 23.5 Å². The van der Waals surface area contributed by atoms with E-state index >= 15 is 4.79 Å². The quantitative estimate of drug-likeness (QED) is 0.0435. The summed E-state index contributed by atoms with van der Waals surface area (Å²) in [6.45, 7) is 9.04. The number of benzene rings is 3. The van der Waals surface area contributed by atoms with Crippen molar-refractivity contribution in [1.82, 2.24) is 73.4 Å². The van der Waals surface area contributed by atoms with Crippen LogP contribution in [0.2, 0.25) is 0 Å². The number of pyridine rings is 1. The normalized spacial score (nSPS) is 22.6. The lowest BCUT2D eigenvalue weighted by Gasteiger charge is -2.32. The number of phenolic OH excluding ortho intramolecular Hbond substituents is 2. The summed E-state index contributed by atoms with van der Waals surface area (Å²) in [5, 5.41) is 100. The lowest BCUT2D eigenvalue weighted by molar-refractivity contribution is -0.347. The summed E-state index contributed by atoms with van der Waals surface area (Å²) >= 11 is 2.64. The summed E-state index contributed by atoms with van der Waals surface area (Å²) in [7, 11) is 0. The van der Waals surface area contributed by atoms with Crippen LogP contribution in [0.25, 0.3) is 11.0 Å². The number of hydrogen-bond acceptors (Lipinski definition) is 23. The Hall–Kier alpha value is -12.4. The van der Waals surface area contributed by atoms with Gasteiger partial charge in [0.2, 0.25) is 70.9 Å². The largest absolute Gasteiger partial charge is 0.542 e. The van der Waals surface area contributed by atoms with Crippen LogP contribution < -0.4 is 74.3 Å². The standard InChI is InChI=1S/C77H100N16O20S2.C2HF3O2/c1-7-10-51-69(106)92-63(41(3)95)75(112)90-58(65(78)103)38-115-37-45-12-8-11-44(29-45)36-114-28-26-59(98)91-64(77(4,5)6)76(113)89-55(31-43-16-20-49(97)21-17-43)71(108)87-57(33-47-35-79-39-82-47)73(110)93-62(40(2)94)74(111)88-56(32-46-34-81-66-50(46)13-9-27-80-66)72(109)85-52(22-24-60(99)100)67(104)84-53(23-25-61(101)102)68(105)86-54(70(107)83-51)30-42-14-18-48(96)19-15-42;3-2(4,5)1(6)7/h8-9,11-21,27,29,34-35,39-41,51-58,62-64,94-97H,7,10,22-26,28,30-33,36-38H2,1-6H3,(H2,78,103)(H,79,82)(H,80,81)(H,83,107)(H,84,104)(H,85,109)(H,86,105)(H,87,108)(H,88,111)(H,89,113)(H,90,112)(H,91,98)(H,92,106)(H,93,110)(H,99,100)(H,101,102);(H,6,7)/t40-,41-,51+,52+,53+,54+,55+,56+,57+,58+,62+,63+,64-;/m1./s1. The van der Waals surface area contributed by atoms with Gasteiger partial charge in [0.05, 0.1) is 36.3 Å². The van der Waals surface area contributed by atoms with Crippen LogP contribution in [-0.2, 0) is 109 Å². The number of amides is 12. The summed E-state index contributed by atoms with van der Waals surface area (Å²) < 4.78 is 31.5. The molecule has 0 unspecified atom stereocenters. The van der Waals surface area contributed by atoms with Crippen LogP contribution in [0, 0.1) is 5.41 Å². The van der Waals surface area contributed by atoms with E-state index in [0.29, 0.717) is 39.2 Å². The van der Waals surface area contributed by atoms with Crippen molar-refractivity contribution in [3.63, 3.8) is 0 Å². The van der Waals surface area contributed by atoms with Crippen molar-refractivity contribution in [2.75, 3.05) is 11.5 Å². The number of nitrogens with zero attached hydrogens (tertiary/aromatic N) is 1. The number of carbonyl (C=O) groups excluding carboxylic acids is 13.